The quantitative estimate of drug-likeness (QED) is 0.241. The molecular weight excluding hydrogens is 91.8 g/mol. The van der Waals surface area contributed by atoms with Crippen molar-refractivity contribution in [2.24, 2.45) is 0 Å². The van der Waals surface area contributed by atoms with Crippen molar-refractivity contribution in [3.05, 3.63) is 0 Å². The Kier molecular flexibility index (Phi) is 14.4. The summed E-state index contributed by atoms with van der Waals surface area (Å²) in [7, 11) is -0.767. The second-order valence-corrected chi connectivity index (χ2v) is 0.353. The van der Waals surface area contributed by atoms with Crippen LogP contribution in [0.1, 0.15) is 0 Å². The average Bonchev–Trinajstić information content (AvgIpc) is 1.41. The molecule has 3 nitrogen and oxygen atoms in total. The Bertz CT molecular complexity index is 52.0. The Morgan fingerprint density at radius 1 is 1.83 bits per heavy atom. The van der Waals surface area contributed by atoms with Gasteiger partial charge >= 0.3 is 29.6 Å². The Hall–Kier alpha value is 0.315. The summed E-state index contributed by atoms with van der Waals surface area (Å²) >= 11 is 0. The van der Waals surface area contributed by atoms with Crippen LogP contribution in [0.4, 0.5) is 0 Å². The zero-order valence-electron chi connectivity index (χ0n) is 3.47. The molecule has 0 atom stereocenters. The molecule has 0 aromatic heterocycles. The van der Waals surface area contributed by atoms with Gasteiger partial charge in [-0.25, -0.2) is 0 Å². The normalized spacial score (nSPS) is 4.00. The minimum absolute atomic E-state index is 0. The molecule has 0 fully saturated rings. The van der Waals surface area contributed by atoms with Gasteiger partial charge in [-0.05, 0) is 0 Å². The van der Waals surface area contributed by atoms with Crippen LogP contribution >= 0.6 is 0 Å². The minimum atomic E-state index is -0.767. The molecule has 0 aromatic carbocycles. The topological polar surface area (TPSA) is 56.1 Å². The molecule has 6 heavy (non-hydrogen) atoms. The van der Waals surface area contributed by atoms with E-state index in [1.807, 2.05) is 0 Å². The molecule has 5 heteroatoms. The predicted molar refractivity (Wildman–Crippen MR) is 13.8 cm³/mol. The van der Waals surface area contributed by atoms with E-state index in [4.69, 9.17) is 10.3 Å². The fourth-order valence-electron chi connectivity index (χ4n) is 0.0264. The predicted octanol–water partition coefficient (Wildman–Crippen LogP) is -4.89. The van der Waals surface area contributed by atoms with Gasteiger partial charge in [0, 0.05) is 0 Å². The maximum atomic E-state index is 9.09. The van der Waals surface area contributed by atoms with E-state index in [9.17, 15) is 0 Å². The van der Waals surface area contributed by atoms with Crippen molar-refractivity contribution in [3.8, 4) is 6.26 Å². The summed E-state index contributed by atoms with van der Waals surface area (Å²) in [5.41, 5.74) is 0. The molecule has 0 aliphatic rings. The molecular formula is CHBNNaO2. The zero-order valence-corrected chi connectivity index (χ0v) is 5.47. The van der Waals surface area contributed by atoms with Crippen molar-refractivity contribution in [2.45, 2.75) is 0 Å². The first-order valence-electron chi connectivity index (χ1n) is 1.01. The molecule has 0 N–H and O–H groups in total. The van der Waals surface area contributed by atoms with Crippen LogP contribution in [-0.4, -0.2) is 7.69 Å². The molecule has 0 saturated heterocycles. The van der Waals surface area contributed by atoms with Gasteiger partial charge in [-0.1, -0.05) is 0 Å². The summed E-state index contributed by atoms with van der Waals surface area (Å²) in [6.07, 6.45) is 1.20. The Morgan fingerprint density at radius 3 is 2.33 bits per heavy atom. The van der Waals surface area contributed by atoms with Crippen LogP contribution in [0.5, 0.6) is 0 Å². The van der Waals surface area contributed by atoms with Gasteiger partial charge in [-0.3, -0.25) is 0 Å². The maximum Gasteiger partial charge on any atom is 1.00 e. The van der Waals surface area contributed by atoms with Crippen molar-refractivity contribution >= 4 is 7.69 Å². The first-order chi connectivity index (χ1) is 2.41. The second kappa shape index (κ2) is 9.01. The van der Waals surface area contributed by atoms with Crippen LogP contribution in [0.15, 0.2) is 0 Å². The van der Waals surface area contributed by atoms with Gasteiger partial charge in [-0.15, -0.1) is 0 Å². The third kappa shape index (κ3) is 8.85. The van der Waals surface area contributed by atoms with Crippen LogP contribution in [0.25, 0.3) is 0 Å². The SMILES string of the molecule is N#COB[O-].[Na+]. The molecule has 0 unspecified atom stereocenters. The monoisotopic (exact) mass is 93.0 g/mol. The van der Waals surface area contributed by atoms with E-state index in [2.05, 4.69) is 4.65 Å². The molecule has 0 amide bonds. The summed E-state index contributed by atoms with van der Waals surface area (Å²) < 4.78 is 3.58. The summed E-state index contributed by atoms with van der Waals surface area (Å²) in [5, 5.41) is 16.5. The number of hydrogen-bond donors (Lipinski definition) is 0. The number of hydrogen-bond acceptors (Lipinski definition) is 3. The van der Waals surface area contributed by atoms with Gasteiger partial charge in [0.25, 0.3) is 13.9 Å². The summed E-state index contributed by atoms with van der Waals surface area (Å²) in [5.74, 6) is 0. The summed E-state index contributed by atoms with van der Waals surface area (Å²) in [6, 6.07) is 0. The molecule has 0 heterocycles. The van der Waals surface area contributed by atoms with E-state index in [-0.39, 0.29) is 29.6 Å². The van der Waals surface area contributed by atoms with Gasteiger partial charge in [0.15, 0.2) is 0 Å². The van der Waals surface area contributed by atoms with E-state index in [0.29, 0.717) is 0 Å². The van der Waals surface area contributed by atoms with Crippen molar-refractivity contribution in [3.63, 3.8) is 0 Å². The first kappa shape index (κ1) is 9.58. The van der Waals surface area contributed by atoms with Crippen LogP contribution in [0, 0.1) is 11.5 Å². The van der Waals surface area contributed by atoms with Crippen molar-refractivity contribution in [1.82, 2.24) is 0 Å². The average molecular weight is 92.8 g/mol. The van der Waals surface area contributed by atoms with Crippen LogP contribution in [0.2, 0.25) is 0 Å². The van der Waals surface area contributed by atoms with Crippen molar-refractivity contribution < 1.29 is 39.2 Å². The largest absolute Gasteiger partial charge is 1.00 e. The van der Waals surface area contributed by atoms with E-state index in [0.717, 1.165) is 0 Å². The smallest absolute Gasteiger partial charge is 0.848 e. The van der Waals surface area contributed by atoms with E-state index >= 15 is 0 Å². The van der Waals surface area contributed by atoms with Gasteiger partial charge in [0.1, 0.15) is 0 Å². The van der Waals surface area contributed by atoms with Gasteiger partial charge in [-0.2, -0.15) is 5.26 Å². The van der Waals surface area contributed by atoms with Crippen molar-refractivity contribution in [2.75, 3.05) is 0 Å². The molecule has 0 saturated carbocycles. The molecule has 26 valence electrons. The molecule has 0 aliphatic heterocycles. The minimum Gasteiger partial charge on any atom is -0.848 e. The maximum absolute atomic E-state index is 9.09. The Labute approximate surface area is 58.5 Å². The molecule has 0 bridgehead atoms. The second-order valence-electron chi connectivity index (χ2n) is 0.353. The summed E-state index contributed by atoms with van der Waals surface area (Å²) in [4.78, 5) is 0. The fraction of sp³-hybridized carbons (Fsp3) is 0. The molecule has 0 rings (SSSR count). The number of nitrogens with zero attached hydrogens (tertiary/aromatic N) is 1. The third-order valence-electron chi connectivity index (χ3n) is 0.123. The van der Waals surface area contributed by atoms with Gasteiger partial charge < -0.3 is 9.68 Å². The Morgan fingerprint density at radius 2 is 2.33 bits per heavy atom. The van der Waals surface area contributed by atoms with Crippen LogP contribution in [-0.2, 0) is 4.65 Å². The van der Waals surface area contributed by atoms with Crippen molar-refractivity contribution in [1.29, 1.82) is 5.26 Å². The van der Waals surface area contributed by atoms with Gasteiger partial charge in [0.2, 0.25) is 0 Å². The summed E-state index contributed by atoms with van der Waals surface area (Å²) in [6.45, 7) is 0. The van der Waals surface area contributed by atoms with E-state index in [1.54, 1.807) is 0 Å². The molecule has 0 radical (unpaired) electrons. The standard InChI is InChI=1S/CHBNO2.Na/c3-1-5-2-4;/h2H;/q-1;+1. The van der Waals surface area contributed by atoms with E-state index in [1.165, 1.54) is 6.26 Å². The van der Waals surface area contributed by atoms with Crippen LogP contribution in [0.3, 0.4) is 0 Å². The molecule has 0 spiro atoms. The fourth-order valence-corrected chi connectivity index (χ4v) is 0.0264. The number of rotatable bonds is 1. The van der Waals surface area contributed by atoms with E-state index < -0.39 is 7.69 Å². The molecule has 0 aliphatic carbocycles. The zero-order chi connectivity index (χ0) is 4.12. The first-order valence-corrected chi connectivity index (χ1v) is 1.01. The molecule has 0 aromatic rings. The van der Waals surface area contributed by atoms with Crippen LogP contribution < -0.4 is 34.6 Å². The van der Waals surface area contributed by atoms with Gasteiger partial charge in [0.05, 0.1) is 0 Å². The number of nitriles is 1. The third-order valence-corrected chi connectivity index (χ3v) is 0.123. The Balaban J connectivity index is 0.